The zero-order valence-corrected chi connectivity index (χ0v) is 19.7. The van der Waals surface area contributed by atoms with Crippen molar-refractivity contribution in [3.05, 3.63) is 5.82 Å². The first-order valence-corrected chi connectivity index (χ1v) is 12.4. The molecule has 164 valence electrons. The normalized spacial score (nSPS) is 25.5. The first-order chi connectivity index (χ1) is 13.9. The number of aromatic nitrogens is 3. The lowest BCUT2D eigenvalue weighted by Crippen LogP contribution is -2.41. The molecular formula is C22H39N5OS. The van der Waals surface area contributed by atoms with Crippen LogP contribution in [0.4, 0.5) is 0 Å². The van der Waals surface area contributed by atoms with E-state index in [0.29, 0.717) is 11.7 Å². The van der Waals surface area contributed by atoms with Crippen LogP contribution in [0.1, 0.15) is 77.6 Å². The largest absolute Gasteiger partial charge is 0.353 e. The molecule has 29 heavy (non-hydrogen) atoms. The minimum absolute atomic E-state index is 0.122. The Balaban J connectivity index is 1.58. The van der Waals surface area contributed by atoms with E-state index in [1.54, 1.807) is 0 Å². The standard InChI is InChI=1S/C22H39N5OS/c1-6-8-11-27-21(19(7-2)26(4)5)24-25-22(27)29-14-20(28)23-15(3)18-13-16-9-10-17(18)12-16/h15-19H,6-14H2,1-5H3,(H,23,28)/t15-,16+,17+,18+,19-/m1/s1. The van der Waals surface area contributed by atoms with Crippen LogP contribution in [0.3, 0.4) is 0 Å². The van der Waals surface area contributed by atoms with Gasteiger partial charge in [-0.1, -0.05) is 38.5 Å². The average molecular weight is 422 g/mol. The first-order valence-electron chi connectivity index (χ1n) is 11.5. The van der Waals surface area contributed by atoms with Crippen LogP contribution in [0, 0.1) is 17.8 Å². The second-order valence-corrected chi connectivity index (χ2v) is 10.2. The summed E-state index contributed by atoms with van der Waals surface area (Å²) in [6.45, 7) is 7.48. The van der Waals surface area contributed by atoms with E-state index >= 15 is 0 Å². The monoisotopic (exact) mass is 421 g/mol. The molecule has 2 fully saturated rings. The van der Waals surface area contributed by atoms with Crippen LogP contribution in [0.5, 0.6) is 0 Å². The summed E-state index contributed by atoms with van der Waals surface area (Å²) in [5.74, 6) is 3.97. The number of hydrogen-bond donors (Lipinski definition) is 1. The lowest BCUT2D eigenvalue weighted by atomic mass is 9.84. The fraction of sp³-hybridized carbons (Fsp3) is 0.864. The summed E-state index contributed by atoms with van der Waals surface area (Å²) in [6.07, 6.45) is 8.66. The van der Waals surface area contributed by atoms with Crippen molar-refractivity contribution < 1.29 is 4.79 Å². The molecule has 2 aliphatic rings. The van der Waals surface area contributed by atoms with Crippen molar-refractivity contribution in [1.82, 2.24) is 25.0 Å². The number of fused-ring (bicyclic) bond motifs is 2. The molecule has 0 aromatic carbocycles. The zero-order valence-electron chi connectivity index (χ0n) is 18.9. The number of hydrogen-bond acceptors (Lipinski definition) is 5. The third-order valence-corrected chi connectivity index (χ3v) is 7.91. The van der Waals surface area contributed by atoms with Crippen LogP contribution < -0.4 is 5.32 Å². The van der Waals surface area contributed by atoms with Gasteiger partial charge >= 0.3 is 0 Å². The van der Waals surface area contributed by atoms with Gasteiger partial charge in [-0.05, 0) is 70.9 Å². The fourth-order valence-electron chi connectivity index (χ4n) is 5.40. The number of nitrogens with zero attached hydrogens (tertiary/aromatic N) is 4. The summed E-state index contributed by atoms with van der Waals surface area (Å²) < 4.78 is 2.23. The quantitative estimate of drug-likeness (QED) is 0.545. The van der Waals surface area contributed by atoms with E-state index in [1.165, 1.54) is 37.4 Å². The fourth-order valence-corrected chi connectivity index (χ4v) is 6.18. The molecule has 0 radical (unpaired) electrons. The minimum Gasteiger partial charge on any atom is -0.353 e. The summed E-state index contributed by atoms with van der Waals surface area (Å²) >= 11 is 1.52. The molecule has 5 atom stereocenters. The topological polar surface area (TPSA) is 63.1 Å². The number of carbonyl (C=O) groups excluding carboxylic acids is 1. The van der Waals surface area contributed by atoms with Crippen LogP contribution in [0.2, 0.25) is 0 Å². The van der Waals surface area contributed by atoms with Gasteiger partial charge in [0.25, 0.3) is 0 Å². The number of rotatable bonds is 11. The van der Waals surface area contributed by atoms with E-state index in [-0.39, 0.29) is 18.0 Å². The second-order valence-electron chi connectivity index (χ2n) is 9.22. The summed E-state index contributed by atoms with van der Waals surface area (Å²) in [7, 11) is 4.18. The molecule has 6 nitrogen and oxygen atoms in total. The molecule has 2 saturated carbocycles. The van der Waals surface area contributed by atoms with E-state index in [2.05, 4.69) is 59.8 Å². The van der Waals surface area contributed by atoms with Gasteiger partial charge in [0, 0.05) is 12.6 Å². The molecule has 2 aliphatic carbocycles. The summed E-state index contributed by atoms with van der Waals surface area (Å²) in [5, 5.41) is 13.1. The third kappa shape index (κ3) is 5.35. The zero-order chi connectivity index (χ0) is 21.0. The summed E-state index contributed by atoms with van der Waals surface area (Å²) in [4.78, 5) is 14.8. The second kappa shape index (κ2) is 10.3. The Morgan fingerprint density at radius 2 is 2.07 bits per heavy atom. The van der Waals surface area contributed by atoms with Crippen molar-refractivity contribution in [1.29, 1.82) is 0 Å². The van der Waals surface area contributed by atoms with Gasteiger partial charge in [-0.25, -0.2) is 0 Å². The smallest absolute Gasteiger partial charge is 0.230 e. The van der Waals surface area contributed by atoms with Gasteiger partial charge in [0.15, 0.2) is 11.0 Å². The molecule has 7 heteroatoms. The van der Waals surface area contributed by atoms with Crippen molar-refractivity contribution in [3.8, 4) is 0 Å². The summed E-state index contributed by atoms with van der Waals surface area (Å²) in [5.41, 5.74) is 0. The third-order valence-electron chi connectivity index (χ3n) is 6.94. The van der Waals surface area contributed by atoms with Crippen LogP contribution >= 0.6 is 11.8 Å². The Hall–Kier alpha value is -1.08. The highest BCUT2D eigenvalue weighted by molar-refractivity contribution is 7.99. The van der Waals surface area contributed by atoms with E-state index in [9.17, 15) is 4.79 Å². The van der Waals surface area contributed by atoms with Crippen molar-refractivity contribution >= 4 is 17.7 Å². The molecule has 0 saturated heterocycles. The Morgan fingerprint density at radius 3 is 2.66 bits per heavy atom. The van der Waals surface area contributed by atoms with Gasteiger partial charge in [0.1, 0.15) is 0 Å². The van der Waals surface area contributed by atoms with Crippen LogP contribution in [-0.4, -0.2) is 51.5 Å². The van der Waals surface area contributed by atoms with Crippen LogP contribution in [0.15, 0.2) is 5.16 Å². The van der Waals surface area contributed by atoms with Crippen molar-refractivity contribution in [3.63, 3.8) is 0 Å². The summed E-state index contributed by atoms with van der Waals surface area (Å²) in [6, 6.07) is 0.533. The molecule has 0 unspecified atom stereocenters. The van der Waals surface area contributed by atoms with Gasteiger partial charge in [-0.3, -0.25) is 9.69 Å². The SMILES string of the molecule is CCCCn1c(SCC(=O)N[C@H](C)[C@@H]2C[C@H]3CC[C@H]2C3)nnc1[C@@H](CC)N(C)C. The van der Waals surface area contributed by atoms with E-state index < -0.39 is 0 Å². The molecule has 3 rings (SSSR count). The molecule has 1 aromatic heterocycles. The van der Waals surface area contributed by atoms with Crippen molar-refractivity contribution in [2.45, 2.75) is 89.5 Å². The number of thioether (sulfide) groups is 1. The van der Waals surface area contributed by atoms with E-state index in [1.807, 2.05) is 0 Å². The highest BCUT2D eigenvalue weighted by Gasteiger charge is 2.42. The predicted molar refractivity (Wildman–Crippen MR) is 119 cm³/mol. The minimum atomic E-state index is 0.122. The van der Waals surface area contributed by atoms with Gasteiger partial charge in [-0.2, -0.15) is 0 Å². The molecule has 2 bridgehead atoms. The lowest BCUT2D eigenvalue weighted by Gasteiger charge is -2.28. The Labute approximate surface area is 180 Å². The van der Waals surface area contributed by atoms with E-state index in [4.69, 9.17) is 0 Å². The molecule has 0 aliphatic heterocycles. The van der Waals surface area contributed by atoms with Crippen molar-refractivity contribution in [2.24, 2.45) is 17.8 Å². The predicted octanol–water partition coefficient (Wildman–Crippen LogP) is 4.12. The molecule has 1 N–H and O–H groups in total. The lowest BCUT2D eigenvalue weighted by molar-refractivity contribution is -0.119. The first kappa shape index (κ1) is 22.6. The van der Waals surface area contributed by atoms with Crippen LogP contribution in [-0.2, 0) is 11.3 Å². The molecule has 1 heterocycles. The van der Waals surface area contributed by atoms with Gasteiger partial charge < -0.3 is 9.88 Å². The van der Waals surface area contributed by atoms with Gasteiger partial charge in [0.2, 0.25) is 5.91 Å². The maximum absolute atomic E-state index is 12.6. The highest BCUT2D eigenvalue weighted by atomic mass is 32.2. The van der Waals surface area contributed by atoms with E-state index in [0.717, 1.165) is 48.6 Å². The van der Waals surface area contributed by atoms with Gasteiger partial charge in [0.05, 0.1) is 11.8 Å². The molecule has 1 amide bonds. The molecule has 1 aromatic rings. The average Bonchev–Trinajstić information content (AvgIpc) is 3.41. The maximum atomic E-state index is 12.6. The Morgan fingerprint density at radius 1 is 1.28 bits per heavy atom. The number of nitrogens with one attached hydrogen (secondary N) is 1. The molecule has 0 spiro atoms. The number of carbonyl (C=O) groups is 1. The number of unbranched alkanes of at least 4 members (excludes halogenated alkanes) is 1. The van der Waals surface area contributed by atoms with Crippen LogP contribution in [0.25, 0.3) is 0 Å². The van der Waals surface area contributed by atoms with Gasteiger partial charge in [-0.15, -0.1) is 10.2 Å². The Kier molecular flexibility index (Phi) is 8.02. The molecular weight excluding hydrogens is 382 g/mol. The number of amides is 1. The maximum Gasteiger partial charge on any atom is 0.230 e. The van der Waals surface area contributed by atoms with Crippen molar-refractivity contribution in [2.75, 3.05) is 19.8 Å². The highest BCUT2D eigenvalue weighted by Crippen LogP contribution is 2.49. The Bertz CT molecular complexity index is 676.